The first-order chi connectivity index (χ1) is 32.5. The van der Waals surface area contributed by atoms with Crippen molar-refractivity contribution in [2.24, 2.45) is 0 Å². The molecule has 0 amide bonds. The van der Waals surface area contributed by atoms with Gasteiger partial charge in [0.15, 0.2) is 6.10 Å². The SMILES string of the molecule is CC/C=C\C/C=C\C/C=C\C/C=C\C/C=C\C/C=C\CCCCC(=O)OCC(COC(=O)CCCCCCC/C=C\CCC)OC(=O)CCCCCCCCCCCCCCCCCCC. The van der Waals surface area contributed by atoms with Crippen molar-refractivity contribution in [1.29, 1.82) is 0 Å². The number of allylic oxidation sites excluding steroid dienone is 14. The molecule has 0 rings (SSSR count). The summed E-state index contributed by atoms with van der Waals surface area (Å²) in [4.78, 5) is 38.0. The maximum absolute atomic E-state index is 12.8. The van der Waals surface area contributed by atoms with Crippen molar-refractivity contribution < 1.29 is 28.6 Å². The van der Waals surface area contributed by atoms with Crippen molar-refractivity contribution in [1.82, 2.24) is 0 Å². The molecule has 1 unspecified atom stereocenters. The number of unbranched alkanes of at least 4 members (excludes halogenated alkanes) is 24. The number of hydrogen-bond donors (Lipinski definition) is 0. The molecule has 378 valence electrons. The van der Waals surface area contributed by atoms with Crippen molar-refractivity contribution in [2.75, 3.05) is 13.2 Å². The van der Waals surface area contributed by atoms with Crippen LogP contribution in [0.25, 0.3) is 0 Å². The van der Waals surface area contributed by atoms with Gasteiger partial charge in [0, 0.05) is 19.3 Å². The van der Waals surface area contributed by atoms with Crippen molar-refractivity contribution in [3.05, 3.63) is 85.1 Å². The van der Waals surface area contributed by atoms with Crippen molar-refractivity contribution in [3.8, 4) is 0 Å². The number of carbonyl (C=O) groups excluding carboxylic acids is 3. The molecule has 0 aromatic rings. The van der Waals surface area contributed by atoms with E-state index < -0.39 is 6.10 Å². The van der Waals surface area contributed by atoms with Gasteiger partial charge in [-0.25, -0.2) is 0 Å². The zero-order valence-corrected chi connectivity index (χ0v) is 43.2. The maximum Gasteiger partial charge on any atom is 0.306 e. The second-order valence-corrected chi connectivity index (χ2v) is 18.1. The van der Waals surface area contributed by atoms with Crippen LogP contribution < -0.4 is 0 Å². The summed E-state index contributed by atoms with van der Waals surface area (Å²) in [5, 5.41) is 0. The summed E-state index contributed by atoms with van der Waals surface area (Å²) in [6.07, 6.45) is 70.1. The molecular formula is C60H102O6. The van der Waals surface area contributed by atoms with Crippen LogP contribution >= 0.6 is 0 Å². The highest BCUT2D eigenvalue weighted by Crippen LogP contribution is 2.16. The van der Waals surface area contributed by atoms with Crippen LogP contribution in [0.3, 0.4) is 0 Å². The second-order valence-electron chi connectivity index (χ2n) is 18.1. The van der Waals surface area contributed by atoms with Crippen LogP contribution in [0, 0.1) is 0 Å². The van der Waals surface area contributed by atoms with Crippen molar-refractivity contribution in [2.45, 2.75) is 264 Å². The molecule has 66 heavy (non-hydrogen) atoms. The fourth-order valence-electron chi connectivity index (χ4n) is 7.51. The van der Waals surface area contributed by atoms with Gasteiger partial charge in [-0.15, -0.1) is 0 Å². The molecule has 0 N–H and O–H groups in total. The van der Waals surface area contributed by atoms with E-state index in [1.165, 1.54) is 103 Å². The lowest BCUT2D eigenvalue weighted by molar-refractivity contribution is -0.167. The first-order valence-electron chi connectivity index (χ1n) is 27.6. The third-order valence-corrected chi connectivity index (χ3v) is 11.6. The summed E-state index contributed by atoms with van der Waals surface area (Å²) in [6, 6.07) is 0. The minimum Gasteiger partial charge on any atom is -0.462 e. The Hall–Kier alpha value is -3.41. The largest absolute Gasteiger partial charge is 0.462 e. The van der Waals surface area contributed by atoms with E-state index in [4.69, 9.17) is 14.2 Å². The Kier molecular flexibility index (Phi) is 51.4. The normalized spacial score (nSPS) is 12.7. The predicted molar refractivity (Wildman–Crippen MR) is 284 cm³/mol. The highest BCUT2D eigenvalue weighted by Gasteiger charge is 2.19. The maximum atomic E-state index is 12.8. The number of carbonyl (C=O) groups is 3. The average Bonchev–Trinajstić information content (AvgIpc) is 3.31. The summed E-state index contributed by atoms with van der Waals surface area (Å²) in [7, 11) is 0. The molecule has 6 nitrogen and oxygen atoms in total. The van der Waals surface area contributed by atoms with E-state index in [0.717, 1.165) is 116 Å². The van der Waals surface area contributed by atoms with E-state index in [1.54, 1.807) is 0 Å². The van der Waals surface area contributed by atoms with Gasteiger partial charge < -0.3 is 14.2 Å². The van der Waals surface area contributed by atoms with Crippen molar-refractivity contribution >= 4 is 17.9 Å². The van der Waals surface area contributed by atoms with E-state index in [0.29, 0.717) is 19.3 Å². The Bertz CT molecular complexity index is 1290. The first-order valence-corrected chi connectivity index (χ1v) is 27.6. The quantitative estimate of drug-likeness (QED) is 0.0262. The van der Waals surface area contributed by atoms with E-state index in [9.17, 15) is 14.4 Å². The van der Waals surface area contributed by atoms with Crippen LogP contribution in [0.4, 0.5) is 0 Å². The van der Waals surface area contributed by atoms with E-state index in [1.807, 2.05) is 0 Å². The lowest BCUT2D eigenvalue weighted by Crippen LogP contribution is -2.30. The molecule has 0 saturated heterocycles. The van der Waals surface area contributed by atoms with Crippen LogP contribution in [0.2, 0.25) is 0 Å². The monoisotopic (exact) mass is 919 g/mol. The number of rotatable bonds is 49. The van der Waals surface area contributed by atoms with Gasteiger partial charge in [-0.2, -0.15) is 0 Å². The molecule has 0 radical (unpaired) electrons. The molecule has 0 saturated carbocycles. The third-order valence-electron chi connectivity index (χ3n) is 11.6. The first kappa shape index (κ1) is 62.6. The molecule has 0 bridgehead atoms. The minimum atomic E-state index is -0.796. The summed E-state index contributed by atoms with van der Waals surface area (Å²) >= 11 is 0. The highest BCUT2D eigenvalue weighted by atomic mass is 16.6. The van der Waals surface area contributed by atoms with Crippen LogP contribution in [0.15, 0.2) is 85.1 Å². The summed E-state index contributed by atoms with van der Waals surface area (Å²) in [5.74, 6) is -0.944. The van der Waals surface area contributed by atoms with Gasteiger partial charge in [0.2, 0.25) is 0 Å². The van der Waals surface area contributed by atoms with Gasteiger partial charge in [0.05, 0.1) is 0 Å². The van der Waals surface area contributed by atoms with Crippen LogP contribution in [-0.2, 0) is 28.6 Å². The Morgan fingerprint density at radius 1 is 0.318 bits per heavy atom. The predicted octanol–water partition coefficient (Wildman–Crippen LogP) is 18.4. The van der Waals surface area contributed by atoms with Crippen LogP contribution in [0.1, 0.15) is 258 Å². The standard InChI is InChI=1S/C60H102O6/c1-4-7-10-13-16-19-22-24-26-28-29-30-31-33-34-36-38-41-44-47-50-53-59(62)65-56-57(55-64-58(61)52-49-46-43-40-21-18-15-12-9-6-3)66-60(63)54-51-48-45-42-39-37-35-32-27-25-23-20-17-14-11-8-5-2/h7,10,12,15-16,19,24,26,29-30,33-34,38,41,57H,4-6,8-9,11,13-14,17-18,20-23,25,27-28,31-32,35-37,39-40,42-56H2,1-3H3/b10-7-,15-12-,19-16-,26-24-,30-29-,34-33-,41-38-. The summed E-state index contributed by atoms with van der Waals surface area (Å²) < 4.78 is 16.8. The number of ether oxygens (including phenoxy) is 3. The minimum absolute atomic E-state index is 0.0936. The lowest BCUT2D eigenvalue weighted by Gasteiger charge is -2.18. The Morgan fingerprint density at radius 2 is 0.621 bits per heavy atom. The van der Waals surface area contributed by atoms with Gasteiger partial charge >= 0.3 is 17.9 Å². The molecule has 1 atom stereocenters. The third kappa shape index (κ3) is 51.6. The van der Waals surface area contributed by atoms with Gasteiger partial charge in [-0.05, 0) is 89.9 Å². The smallest absolute Gasteiger partial charge is 0.306 e. The molecule has 0 spiro atoms. The van der Waals surface area contributed by atoms with E-state index in [2.05, 4.69) is 106 Å². The van der Waals surface area contributed by atoms with Crippen molar-refractivity contribution in [3.63, 3.8) is 0 Å². The molecule has 0 heterocycles. The molecule has 0 aromatic carbocycles. The molecule has 0 aromatic heterocycles. The molecule has 6 heteroatoms. The summed E-state index contributed by atoms with van der Waals surface area (Å²) in [6.45, 7) is 6.43. The average molecular weight is 919 g/mol. The van der Waals surface area contributed by atoms with Gasteiger partial charge in [0.1, 0.15) is 13.2 Å². The number of esters is 3. The Balaban J connectivity index is 4.40. The second kappa shape index (κ2) is 54.2. The lowest BCUT2D eigenvalue weighted by atomic mass is 10.0. The zero-order chi connectivity index (χ0) is 47.9. The van der Waals surface area contributed by atoms with Gasteiger partial charge in [-0.1, -0.05) is 234 Å². The molecule has 0 aliphatic carbocycles. The molecule has 0 fully saturated rings. The molecule has 0 aliphatic heterocycles. The zero-order valence-electron chi connectivity index (χ0n) is 43.2. The molecule has 0 aliphatic rings. The van der Waals surface area contributed by atoms with Gasteiger partial charge in [-0.3, -0.25) is 14.4 Å². The van der Waals surface area contributed by atoms with E-state index in [-0.39, 0.29) is 31.1 Å². The highest BCUT2D eigenvalue weighted by molar-refractivity contribution is 5.71. The van der Waals surface area contributed by atoms with Crippen LogP contribution in [0.5, 0.6) is 0 Å². The van der Waals surface area contributed by atoms with Gasteiger partial charge in [0.25, 0.3) is 0 Å². The van der Waals surface area contributed by atoms with Crippen LogP contribution in [-0.4, -0.2) is 37.2 Å². The Morgan fingerprint density at radius 3 is 1.03 bits per heavy atom. The number of hydrogen-bond acceptors (Lipinski definition) is 6. The summed E-state index contributed by atoms with van der Waals surface area (Å²) in [5.41, 5.74) is 0. The van der Waals surface area contributed by atoms with E-state index >= 15 is 0 Å². The molecular weight excluding hydrogens is 817 g/mol. The Labute approximate surface area is 407 Å². The fraction of sp³-hybridized carbons (Fsp3) is 0.717. The topological polar surface area (TPSA) is 78.9 Å². The fourth-order valence-corrected chi connectivity index (χ4v) is 7.51.